The van der Waals surface area contributed by atoms with Crippen LogP contribution < -0.4 is 0 Å². The Labute approximate surface area is 225 Å². The largest absolute Gasteiger partial charge is 0.545 e. The van der Waals surface area contributed by atoms with Crippen molar-refractivity contribution < 1.29 is 18.4 Å². The molecule has 7 heteroatoms. The van der Waals surface area contributed by atoms with Gasteiger partial charge in [0.05, 0.1) is 12.2 Å². The highest BCUT2D eigenvalue weighted by atomic mass is 28.4. The molecule has 2 saturated carbocycles. The summed E-state index contributed by atoms with van der Waals surface area (Å²) in [6, 6.07) is 0. The molecule has 0 radical (unpaired) electrons. The summed E-state index contributed by atoms with van der Waals surface area (Å²) < 4.78 is 21.1. The number of hydrogen-bond acceptors (Lipinski definition) is 4. The van der Waals surface area contributed by atoms with Crippen LogP contribution in [0.1, 0.15) is 53.4 Å². The van der Waals surface area contributed by atoms with Gasteiger partial charge in [0, 0.05) is 16.2 Å². The van der Waals surface area contributed by atoms with Gasteiger partial charge in [0.15, 0.2) is 16.6 Å². The van der Waals surface area contributed by atoms with Crippen LogP contribution in [0.5, 0.6) is 0 Å². The predicted molar refractivity (Wildman–Crippen MR) is 160 cm³/mol. The summed E-state index contributed by atoms with van der Waals surface area (Å²) >= 11 is 0. The van der Waals surface area contributed by atoms with Crippen molar-refractivity contribution in [1.29, 1.82) is 0 Å². The zero-order valence-electron chi connectivity index (χ0n) is 25.7. The van der Waals surface area contributed by atoms with E-state index in [4.69, 9.17) is 13.3 Å². The van der Waals surface area contributed by atoms with E-state index < -0.39 is 31.1 Å². The second-order valence-corrected chi connectivity index (χ2v) is 29.0. The van der Waals surface area contributed by atoms with Crippen molar-refractivity contribution in [2.75, 3.05) is 0 Å². The Bertz CT molecular complexity index is 882. The molecule has 4 nitrogen and oxygen atoms in total. The smallest absolute Gasteiger partial charge is 0.241 e. The van der Waals surface area contributed by atoms with Crippen LogP contribution in [0.15, 0.2) is 24.0 Å². The molecule has 0 aromatic rings. The molecule has 0 aromatic heterocycles. The Hall–Kier alpha value is -0.189. The lowest BCUT2D eigenvalue weighted by Gasteiger charge is -2.62. The fourth-order valence-electron chi connectivity index (χ4n) is 7.57. The van der Waals surface area contributed by atoms with Crippen LogP contribution >= 0.6 is 0 Å². The van der Waals surface area contributed by atoms with E-state index >= 15 is 0 Å². The summed E-state index contributed by atoms with van der Waals surface area (Å²) in [4.78, 5) is 0. The first kappa shape index (κ1) is 30.4. The average molecular weight is 553 g/mol. The van der Waals surface area contributed by atoms with Gasteiger partial charge in [-0.2, -0.15) is 0 Å². The molecule has 3 rings (SSSR count). The van der Waals surface area contributed by atoms with Crippen molar-refractivity contribution in [1.82, 2.24) is 0 Å². The Morgan fingerprint density at radius 1 is 0.889 bits per heavy atom. The molecule has 0 heterocycles. The van der Waals surface area contributed by atoms with Gasteiger partial charge in [-0.3, -0.25) is 0 Å². The van der Waals surface area contributed by atoms with Gasteiger partial charge in [0.25, 0.3) is 0 Å². The summed E-state index contributed by atoms with van der Waals surface area (Å²) in [5.41, 5.74) is 0.767. The van der Waals surface area contributed by atoms with Crippen molar-refractivity contribution >= 4 is 25.0 Å². The average Bonchev–Trinajstić information content (AvgIpc) is 2.97. The maximum absolute atomic E-state index is 11.7. The molecule has 1 N–H and O–H groups in total. The van der Waals surface area contributed by atoms with Crippen LogP contribution in [0.3, 0.4) is 0 Å². The van der Waals surface area contributed by atoms with Crippen molar-refractivity contribution in [3.8, 4) is 0 Å². The van der Waals surface area contributed by atoms with E-state index in [2.05, 4.69) is 99.3 Å². The van der Waals surface area contributed by atoms with Gasteiger partial charge >= 0.3 is 0 Å². The lowest BCUT2D eigenvalue weighted by atomic mass is 9.46. The minimum Gasteiger partial charge on any atom is -0.545 e. The minimum atomic E-state index is -1.95. The Balaban J connectivity index is 2.39. The van der Waals surface area contributed by atoms with Crippen molar-refractivity contribution in [3.05, 3.63) is 24.0 Å². The molecule has 2 fully saturated rings. The third kappa shape index (κ3) is 5.44. The van der Waals surface area contributed by atoms with Crippen LogP contribution in [0.2, 0.25) is 58.9 Å². The van der Waals surface area contributed by atoms with Gasteiger partial charge in [-0.05, 0) is 102 Å². The van der Waals surface area contributed by atoms with E-state index in [1.54, 1.807) is 0 Å². The molecule has 3 aliphatic carbocycles. The molecular formula is C29H56O4Si3. The number of aliphatic hydroxyl groups excluding tert-OH is 1. The van der Waals surface area contributed by atoms with Gasteiger partial charge in [-0.15, -0.1) is 6.58 Å². The maximum atomic E-state index is 11.7. The number of hydrogen-bond donors (Lipinski definition) is 1. The highest BCUT2D eigenvalue weighted by Crippen LogP contribution is 2.69. The molecule has 0 aliphatic heterocycles. The van der Waals surface area contributed by atoms with Gasteiger partial charge in [-0.1, -0.05) is 33.8 Å². The normalized spacial score (nSPS) is 42.0. The standard InChI is InChI=1S/C29H56O4Si3/c1-15-27(4)19-23(31-34(6,7)8)28(5)20(2)16-17-29(21(3)26(27)33-36(12,13)14)18-22(30)24(25(28)29)32-35(9,10)11/h15,20-23,26,30H,1,16-19H2,2-14H3/t20-,21+,22+,23-,26+,27-,28+,29+/m1/s1. The Kier molecular flexibility index (Phi) is 7.99. The van der Waals surface area contributed by atoms with E-state index in [0.717, 1.165) is 31.4 Å². The lowest BCUT2D eigenvalue weighted by Crippen LogP contribution is -2.61. The third-order valence-electron chi connectivity index (χ3n) is 9.32. The first-order valence-corrected chi connectivity index (χ1v) is 24.4. The molecule has 36 heavy (non-hydrogen) atoms. The molecule has 0 saturated heterocycles. The van der Waals surface area contributed by atoms with Crippen molar-refractivity contribution in [3.63, 3.8) is 0 Å². The maximum Gasteiger partial charge on any atom is 0.241 e. The monoisotopic (exact) mass is 552 g/mol. The van der Waals surface area contributed by atoms with E-state index in [-0.39, 0.29) is 34.4 Å². The van der Waals surface area contributed by atoms with Crippen molar-refractivity contribution in [2.45, 2.75) is 131 Å². The highest BCUT2D eigenvalue weighted by Gasteiger charge is 2.66. The highest BCUT2D eigenvalue weighted by molar-refractivity contribution is 6.70. The predicted octanol–water partition coefficient (Wildman–Crippen LogP) is 7.95. The van der Waals surface area contributed by atoms with Crippen LogP contribution in [-0.4, -0.2) is 48.4 Å². The molecule has 0 unspecified atom stereocenters. The Morgan fingerprint density at radius 2 is 1.44 bits per heavy atom. The second-order valence-electron chi connectivity index (χ2n) is 15.6. The molecule has 3 aliphatic rings. The fraction of sp³-hybridized carbons (Fsp3) is 0.862. The molecule has 0 spiro atoms. The van der Waals surface area contributed by atoms with Gasteiger partial charge in [0.1, 0.15) is 11.9 Å². The topological polar surface area (TPSA) is 47.9 Å². The fourth-order valence-corrected chi connectivity index (χ4v) is 10.9. The third-order valence-corrected chi connectivity index (χ3v) is 12.1. The Morgan fingerprint density at radius 3 is 1.92 bits per heavy atom. The molecule has 0 aromatic carbocycles. The molecular weight excluding hydrogens is 497 g/mol. The first-order valence-electron chi connectivity index (χ1n) is 14.2. The van der Waals surface area contributed by atoms with Crippen molar-refractivity contribution in [2.24, 2.45) is 28.1 Å². The van der Waals surface area contributed by atoms with E-state index in [1.165, 1.54) is 5.57 Å². The molecule has 0 amide bonds. The van der Waals surface area contributed by atoms with Crippen LogP contribution in [0.4, 0.5) is 0 Å². The summed E-state index contributed by atoms with van der Waals surface area (Å²) in [5, 5.41) is 11.7. The lowest BCUT2D eigenvalue weighted by molar-refractivity contribution is -0.110. The molecule has 8 atom stereocenters. The number of aliphatic hydroxyl groups is 1. The van der Waals surface area contributed by atoms with Crippen LogP contribution in [-0.2, 0) is 13.3 Å². The van der Waals surface area contributed by atoms with E-state index in [1.807, 2.05) is 0 Å². The first-order chi connectivity index (χ1) is 16.1. The van der Waals surface area contributed by atoms with E-state index in [0.29, 0.717) is 5.92 Å². The summed E-state index contributed by atoms with van der Waals surface area (Å²) in [7, 11) is -5.72. The molecule has 208 valence electrons. The zero-order valence-corrected chi connectivity index (χ0v) is 28.7. The summed E-state index contributed by atoms with van der Waals surface area (Å²) in [6.45, 7) is 34.5. The van der Waals surface area contributed by atoms with Crippen LogP contribution in [0.25, 0.3) is 0 Å². The number of rotatable bonds is 7. The quantitative estimate of drug-likeness (QED) is 0.257. The summed E-state index contributed by atoms with van der Waals surface area (Å²) in [6.07, 6.45) is 5.42. The zero-order chi connectivity index (χ0) is 27.7. The SMILES string of the molecule is C=C[C@]1(C)C[C@@H](O[Si](C)(C)C)[C@@]2(C)C3=C(O[Si](C)(C)C)[C@@H](O)C[C@@]3(CC[C@H]2C)[C@@H](C)[C@@H]1O[Si](C)(C)C. The van der Waals surface area contributed by atoms with Gasteiger partial charge in [-0.25, -0.2) is 0 Å². The van der Waals surface area contributed by atoms with E-state index in [9.17, 15) is 5.11 Å². The second kappa shape index (κ2) is 9.47. The van der Waals surface area contributed by atoms with Gasteiger partial charge in [0.2, 0.25) is 8.32 Å². The van der Waals surface area contributed by atoms with Gasteiger partial charge < -0.3 is 18.4 Å². The summed E-state index contributed by atoms with van der Waals surface area (Å²) in [5.74, 6) is 1.55. The minimum absolute atomic E-state index is 0.0146. The molecule has 2 bridgehead atoms. The van der Waals surface area contributed by atoms with Crippen LogP contribution in [0, 0.1) is 28.1 Å².